The number of carbonyl (C=O) groups excluding carboxylic acids is 2. The number of nitrogens with zero attached hydrogens (tertiary/aromatic N) is 2. The summed E-state index contributed by atoms with van der Waals surface area (Å²) in [6.07, 6.45) is 0.608. The average Bonchev–Trinajstić information content (AvgIpc) is 2.94. The first-order valence-electron chi connectivity index (χ1n) is 7.38. The second-order valence-corrected chi connectivity index (χ2v) is 5.57. The molecule has 2 saturated heterocycles. The van der Waals surface area contributed by atoms with Crippen molar-refractivity contribution in [1.29, 1.82) is 0 Å². The number of anilines is 1. The lowest BCUT2D eigenvalue weighted by atomic mass is 10.1. The van der Waals surface area contributed by atoms with Crippen molar-refractivity contribution in [3.05, 3.63) is 29.6 Å². The van der Waals surface area contributed by atoms with Crippen molar-refractivity contribution >= 4 is 17.6 Å². The Bertz CT molecular complexity index is 600. The summed E-state index contributed by atoms with van der Waals surface area (Å²) in [5.74, 6) is -0.995. The molecule has 7 heteroatoms. The highest BCUT2D eigenvalue weighted by molar-refractivity contribution is 5.98. The predicted octanol–water partition coefficient (Wildman–Crippen LogP) is 0.952. The molecule has 0 spiro atoms. The molecule has 0 unspecified atom stereocenters. The van der Waals surface area contributed by atoms with E-state index in [0.717, 1.165) is 0 Å². The number of urea groups is 1. The highest BCUT2D eigenvalue weighted by Gasteiger charge is 2.27. The van der Waals surface area contributed by atoms with Crippen LogP contribution in [0.3, 0.4) is 0 Å². The lowest BCUT2D eigenvalue weighted by Gasteiger charge is -2.30. The smallest absolute Gasteiger partial charge is 0.321 e. The predicted molar refractivity (Wildman–Crippen MR) is 78.3 cm³/mol. The summed E-state index contributed by atoms with van der Waals surface area (Å²) in [6.45, 7) is 1.85. The van der Waals surface area contributed by atoms with E-state index in [2.05, 4.69) is 5.32 Å². The number of piperidine rings is 1. The van der Waals surface area contributed by atoms with Crippen molar-refractivity contribution in [2.75, 3.05) is 31.1 Å². The van der Waals surface area contributed by atoms with Crippen LogP contribution in [0.15, 0.2) is 18.2 Å². The number of aliphatic hydroxyl groups excluding tert-OH is 1. The van der Waals surface area contributed by atoms with E-state index in [1.807, 2.05) is 0 Å². The van der Waals surface area contributed by atoms with Crippen LogP contribution in [0, 0.1) is 5.82 Å². The molecule has 2 aliphatic rings. The fourth-order valence-corrected chi connectivity index (χ4v) is 2.80. The maximum Gasteiger partial charge on any atom is 0.321 e. The summed E-state index contributed by atoms with van der Waals surface area (Å²) in [5.41, 5.74) is 0.477. The van der Waals surface area contributed by atoms with Crippen LogP contribution in [0.2, 0.25) is 0 Å². The van der Waals surface area contributed by atoms with E-state index in [9.17, 15) is 19.1 Å². The molecular formula is C15H18FN3O3. The largest absolute Gasteiger partial charge is 0.393 e. The van der Waals surface area contributed by atoms with Gasteiger partial charge >= 0.3 is 6.03 Å². The summed E-state index contributed by atoms with van der Waals surface area (Å²) >= 11 is 0. The van der Waals surface area contributed by atoms with Gasteiger partial charge in [-0.05, 0) is 31.0 Å². The molecule has 0 radical (unpaired) electrons. The van der Waals surface area contributed by atoms with E-state index in [-0.39, 0.29) is 11.6 Å². The van der Waals surface area contributed by atoms with Gasteiger partial charge in [-0.25, -0.2) is 9.18 Å². The molecule has 2 fully saturated rings. The first-order valence-corrected chi connectivity index (χ1v) is 7.38. The summed E-state index contributed by atoms with van der Waals surface area (Å²) in [7, 11) is 0. The fourth-order valence-electron chi connectivity index (χ4n) is 2.80. The standard InChI is InChI=1S/C15H18FN3O3/c16-13-2-1-10(19-8-5-17-15(19)22)9-12(13)14(21)18-6-3-11(20)4-7-18/h1-2,9,11,20H,3-8H2,(H,17,22). The zero-order chi connectivity index (χ0) is 15.7. The van der Waals surface area contributed by atoms with Gasteiger partial charge in [0.05, 0.1) is 11.7 Å². The van der Waals surface area contributed by atoms with Gasteiger partial charge in [-0.2, -0.15) is 0 Å². The Morgan fingerprint density at radius 3 is 2.64 bits per heavy atom. The summed E-state index contributed by atoms with van der Waals surface area (Å²) in [6, 6.07) is 3.89. The first kappa shape index (κ1) is 14.8. The molecule has 1 aromatic carbocycles. The number of hydrogen-bond acceptors (Lipinski definition) is 3. The summed E-state index contributed by atoms with van der Waals surface area (Å²) in [5, 5.41) is 12.2. The second-order valence-electron chi connectivity index (χ2n) is 5.57. The minimum Gasteiger partial charge on any atom is -0.393 e. The van der Waals surface area contributed by atoms with Crippen molar-refractivity contribution in [2.45, 2.75) is 18.9 Å². The van der Waals surface area contributed by atoms with Gasteiger partial charge in [0.2, 0.25) is 0 Å². The van der Waals surface area contributed by atoms with Crippen LogP contribution >= 0.6 is 0 Å². The Morgan fingerprint density at radius 2 is 2.00 bits per heavy atom. The zero-order valence-electron chi connectivity index (χ0n) is 12.1. The van der Waals surface area contributed by atoms with Crippen LogP contribution in [-0.2, 0) is 0 Å². The number of aliphatic hydroxyl groups is 1. The van der Waals surface area contributed by atoms with Crippen LogP contribution in [0.1, 0.15) is 23.2 Å². The molecule has 6 nitrogen and oxygen atoms in total. The number of amides is 3. The monoisotopic (exact) mass is 307 g/mol. The van der Waals surface area contributed by atoms with Gasteiger partial charge in [0.15, 0.2) is 0 Å². The maximum atomic E-state index is 14.0. The van der Waals surface area contributed by atoms with Crippen LogP contribution in [0.5, 0.6) is 0 Å². The van der Waals surface area contributed by atoms with E-state index < -0.39 is 17.8 Å². The summed E-state index contributed by atoms with van der Waals surface area (Å²) in [4.78, 5) is 27.2. The second kappa shape index (κ2) is 5.92. The fraction of sp³-hybridized carbons (Fsp3) is 0.467. The van der Waals surface area contributed by atoms with Gasteiger partial charge in [-0.3, -0.25) is 9.69 Å². The molecule has 1 aromatic rings. The first-order chi connectivity index (χ1) is 10.6. The molecular weight excluding hydrogens is 289 g/mol. The van der Waals surface area contributed by atoms with Crippen LogP contribution in [0.4, 0.5) is 14.9 Å². The molecule has 0 atom stereocenters. The summed E-state index contributed by atoms with van der Waals surface area (Å²) < 4.78 is 14.0. The lowest BCUT2D eigenvalue weighted by Crippen LogP contribution is -2.40. The minimum atomic E-state index is -0.598. The third kappa shape index (κ3) is 2.76. The topological polar surface area (TPSA) is 72.9 Å². The molecule has 2 N–H and O–H groups in total. The molecule has 2 heterocycles. The Morgan fingerprint density at radius 1 is 1.27 bits per heavy atom. The molecule has 0 bridgehead atoms. The number of hydrogen-bond donors (Lipinski definition) is 2. The SMILES string of the molecule is O=C(c1cc(N2CCNC2=O)ccc1F)N1CCC(O)CC1. The molecule has 0 aliphatic carbocycles. The number of rotatable bonds is 2. The highest BCUT2D eigenvalue weighted by Crippen LogP contribution is 2.23. The van der Waals surface area contributed by atoms with Gasteiger partial charge in [-0.1, -0.05) is 0 Å². The molecule has 3 rings (SSSR count). The molecule has 22 heavy (non-hydrogen) atoms. The molecule has 2 aliphatic heterocycles. The van der Waals surface area contributed by atoms with Crippen molar-refractivity contribution in [3.63, 3.8) is 0 Å². The number of benzene rings is 1. The maximum absolute atomic E-state index is 14.0. The van der Waals surface area contributed by atoms with Gasteiger partial charge < -0.3 is 15.3 Å². The van der Waals surface area contributed by atoms with Gasteiger partial charge in [0.25, 0.3) is 5.91 Å². The molecule has 0 saturated carbocycles. The van der Waals surface area contributed by atoms with Gasteiger partial charge in [0.1, 0.15) is 5.82 Å². The normalized spacial score (nSPS) is 19.5. The number of carbonyl (C=O) groups is 2. The van der Waals surface area contributed by atoms with Gasteiger partial charge in [0, 0.05) is 31.9 Å². The van der Waals surface area contributed by atoms with Crippen molar-refractivity contribution in [3.8, 4) is 0 Å². The third-order valence-electron chi connectivity index (χ3n) is 4.10. The molecule has 0 aromatic heterocycles. The average molecular weight is 307 g/mol. The van der Waals surface area contributed by atoms with Crippen molar-refractivity contribution in [1.82, 2.24) is 10.2 Å². The lowest BCUT2D eigenvalue weighted by molar-refractivity contribution is 0.0542. The van der Waals surface area contributed by atoms with Crippen LogP contribution in [-0.4, -0.2) is 54.2 Å². The van der Waals surface area contributed by atoms with E-state index in [4.69, 9.17) is 0 Å². The Labute approximate surface area is 127 Å². The van der Waals surface area contributed by atoms with Crippen molar-refractivity contribution in [2.24, 2.45) is 0 Å². The van der Waals surface area contributed by atoms with Gasteiger partial charge in [-0.15, -0.1) is 0 Å². The number of nitrogens with one attached hydrogen (secondary N) is 1. The molecule has 118 valence electrons. The Balaban J connectivity index is 1.83. The van der Waals surface area contributed by atoms with Crippen molar-refractivity contribution < 1.29 is 19.1 Å². The van der Waals surface area contributed by atoms with E-state index in [1.54, 1.807) is 4.90 Å². The van der Waals surface area contributed by atoms with E-state index in [0.29, 0.717) is 44.7 Å². The Hall–Kier alpha value is -2.15. The highest BCUT2D eigenvalue weighted by atomic mass is 19.1. The Kier molecular flexibility index (Phi) is 3.98. The quantitative estimate of drug-likeness (QED) is 0.854. The minimum absolute atomic E-state index is 0.0337. The number of halogens is 1. The third-order valence-corrected chi connectivity index (χ3v) is 4.10. The van der Waals surface area contributed by atoms with Crippen LogP contribution < -0.4 is 10.2 Å². The van der Waals surface area contributed by atoms with Crippen LogP contribution in [0.25, 0.3) is 0 Å². The number of likely N-dealkylation sites (tertiary alicyclic amines) is 1. The van der Waals surface area contributed by atoms with E-state index >= 15 is 0 Å². The zero-order valence-corrected chi connectivity index (χ0v) is 12.1. The molecule has 3 amide bonds. The van der Waals surface area contributed by atoms with E-state index in [1.165, 1.54) is 23.1 Å².